The van der Waals surface area contributed by atoms with Crippen LogP contribution in [0, 0.1) is 11.6 Å². The molecule has 2 N–H and O–H groups in total. The number of aliphatic carboxylic acids is 1. The molecule has 0 radical (unpaired) electrons. The van der Waals surface area contributed by atoms with Crippen molar-refractivity contribution in [2.45, 2.75) is 25.7 Å². The van der Waals surface area contributed by atoms with Gasteiger partial charge in [0.15, 0.2) is 0 Å². The molecule has 1 aliphatic rings. The van der Waals surface area contributed by atoms with Crippen LogP contribution in [0.4, 0.5) is 27.6 Å². The summed E-state index contributed by atoms with van der Waals surface area (Å²) < 4.78 is 65.6. The van der Waals surface area contributed by atoms with E-state index in [1.807, 2.05) is 0 Å². The molecule has 0 saturated carbocycles. The molecule has 1 amide bonds. The van der Waals surface area contributed by atoms with E-state index in [1.165, 1.54) is 6.07 Å². The van der Waals surface area contributed by atoms with Crippen molar-refractivity contribution in [1.82, 2.24) is 14.9 Å². The fourth-order valence-electron chi connectivity index (χ4n) is 4.79. The first-order chi connectivity index (χ1) is 21.0. The molecule has 9 nitrogen and oxygen atoms in total. The minimum atomic E-state index is -3.67. The molecule has 14 heteroatoms. The van der Waals surface area contributed by atoms with Crippen molar-refractivity contribution in [3.8, 4) is 0 Å². The highest BCUT2D eigenvalue weighted by atomic mass is 19.4. The van der Waals surface area contributed by atoms with Gasteiger partial charge in [-0.05, 0) is 35.4 Å². The SMILES string of the molecule is FC(F)F.O=C(NC(Cc1cccc(Cn2c(=O)ccc3cnccc32)c1)C(=O)O)c1c(F)cc(N2CCOCC2)cc1F. The van der Waals surface area contributed by atoms with Crippen LogP contribution in [0.5, 0.6) is 0 Å². The van der Waals surface area contributed by atoms with Gasteiger partial charge in [-0.25, -0.2) is 13.6 Å². The normalized spacial score (nSPS) is 13.7. The van der Waals surface area contributed by atoms with Gasteiger partial charge >= 0.3 is 12.6 Å². The Morgan fingerprint density at radius 3 is 2.30 bits per heavy atom. The highest BCUT2D eigenvalue weighted by molar-refractivity contribution is 5.97. The summed E-state index contributed by atoms with van der Waals surface area (Å²) in [7, 11) is 0. The van der Waals surface area contributed by atoms with Crippen molar-refractivity contribution < 1.29 is 41.4 Å². The average molecular weight is 619 g/mol. The van der Waals surface area contributed by atoms with E-state index in [-0.39, 0.29) is 24.2 Å². The molecule has 4 aromatic rings. The highest BCUT2D eigenvalue weighted by Crippen LogP contribution is 2.23. The number of amides is 1. The monoisotopic (exact) mass is 618 g/mol. The molecule has 1 saturated heterocycles. The number of hydrogen-bond acceptors (Lipinski definition) is 6. The summed E-state index contributed by atoms with van der Waals surface area (Å²) in [6.07, 6.45) is 3.11. The van der Waals surface area contributed by atoms with Gasteiger partial charge < -0.3 is 24.6 Å². The summed E-state index contributed by atoms with van der Waals surface area (Å²) in [6.45, 7) is -1.69. The zero-order chi connectivity index (χ0) is 31.8. The lowest BCUT2D eigenvalue weighted by Crippen LogP contribution is -2.43. The van der Waals surface area contributed by atoms with Crippen molar-refractivity contribution in [3.63, 3.8) is 0 Å². The number of nitrogens with one attached hydrogen (secondary N) is 1. The zero-order valence-electron chi connectivity index (χ0n) is 23.1. The first-order valence-corrected chi connectivity index (χ1v) is 13.3. The number of carboxylic acid groups (broad SMARTS) is 1. The Hall–Kier alpha value is -4.85. The van der Waals surface area contributed by atoms with Gasteiger partial charge in [0, 0.05) is 49.0 Å². The van der Waals surface area contributed by atoms with Crippen LogP contribution in [0.15, 0.2) is 71.8 Å². The summed E-state index contributed by atoms with van der Waals surface area (Å²) in [5.41, 5.74) is 1.22. The molecule has 0 spiro atoms. The number of carbonyl (C=O) groups excluding carboxylic acids is 1. The fourth-order valence-corrected chi connectivity index (χ4v) is 4.79. The first kappa shape index (κ1) is 32.1. The molecule has 1 fully saturated rings. The van der Waals surface area contributed by atoms with E-state index in [9.17, 15) is 41.4 Å². The molecule has 2 aromatic carbocycles. The maximum atomic E-state index is 14.9. The molecule has 44 heavy (non-hydrogen) atoms. The summed E-state index contributed by atoms with van der Waals surface area (Å²) in [4.78, 5) is 43.2. The second kappa shape index (κ2) is 14.6. The number of fused-ring (bicyclic) bond motifs is 1. The van der Waals surface area contributed by atoms with E-state index in [2.05, 4.69) is 10.3 Å². The maximum absolute atomic E-state index is 14.9. The number of alkyl halides is 3. The molecular weight excluding hydrogens is 591 g/mol. The number of nitrogens with zero attached hydrogens (tertiary/aromatic N) is 3. The molecular formula is C30H27F5N4O5. The van der Waals surface area contributed by atoms with Gasteiger partial charge in [0.25, 0.3) is 11.5 Å². The number of halogens is 5. The topological polar surface area (TPSA) is 114 Å². The first-order valence-electron chi connectivity index (χ1n) is 13.3. The van der Waals surface area contributed by atoms with Gasteiger partial charge in [-0.1, -0.05) is 24.3 Å². The number of hydrogen-bond donors (Lipinski definition) is 2. The molecule has 1 aliphatic heterocycles. The average Bonchev–Trinajstić information content (AvgIpc) is 2.98. The van der Waals surface area contributed by atoms with Crippen LogP contribution in [0.3, 0.4) is 0 Å². The number of pyridine rings is 2. The van der Waals surface area contributed by atoms with Gasteiger partial charge in [0.1, 0.15) is 23.2 Å². The second-order valence-corrected chi connectivity index (χ2v) is 9.71. The van der Waals surface area contributed by atoms with Gasteiger partial charge in [-0.3, -0.25) is 14.6 Å². The molecule has 2 aromatic heterocycles. The lowest BCUT2D eigenvalue weighted by atomic mass is 10.0. The number of ether oxygens (including phenoxy) is 1. The van der Waals surface area contributed by atoms with Crippen LogP contribution in [0.25, 0.3) is 10.9 Å². The summed E-state index contributed by atoms with van der Waals surface area (Å²) in [5.74, 6) is -4.69. The lowest BCUT2D eigenvalue weighted by Gasteiger charge is -2.29. The zero-order valence-corrected chi connectivity index (χ0v) is 23.1. The van der Waals surface area contributed by atoms with Gasteiger partial charge in [-0.2, -0.15) is 13.2 Å². The minimum Gasteiger partial charge on any atom is -0.480 e. The number of anilines is 1. The Labute approximate surface area is 247 Å². The van der Waals surface area contributed by atoms with Gasteiger partial charge in [0.05, 0.1) is 25.3 Å². The smallest absolute Gasteiger partial charge is 0.379 e. The van der Waals surface area contributed by atoms with Gasteiger partial charge in [0.2, 0.25) is 0 Å². The Kier molecular flexibility index (Phi) is 10.6. The van der Waals surface area contributed by atoms with E-state index >= 15 is 0 Å². The lowest BCUT2D eigenvalue weighted by molar-refractivity contribution is -0.139. The Bertz CT molecular complexity index is 1670. The maximum Gasteiger partial charge on any atom is 0.379 e. The standard InChI is InChI=1S/C29H26F2N4O5.CHF3/c30-22-14-21(34-8-10-40-11-9-34)15-23(31)27(22)28(37)33-24(29(38)39)13-18-2-1-3-19(12-18)17-35-25-6-7-32-16-20(25)4-5-26(35)36;2-1(3)4/h1-7,12,14-16,24H,8-11,13,17H2,(H,33,37)(H,38,39);1H. The van der Waals surface area contributed by atoms with E-state index in [1.54, 1.807) is 58.3 Å². The molecule has 5 rings (SSSR count). The van der Waals surface area contributed by atoms with Crippen molar-refractivity contribution in [1.29, 1.82) is 0 Å². The molecule has 0 bridgehead atoms. The van der Waals surface area contributed by atoms with Crippen molar-refractivity contribution in [2.75, 3.05) is 31.2 Å². The number of morpholine rings is 1. The number of benzene rings is 2. The molecule has 0 aliphatic carbocycles. The summed E-state index contributed by atoms with van der Waals surface area (Å²) in [5, 5.41) is 12.8. The van der Waals surface area contributed by atoms with E-state index in [4.69, 9.17) is 4.74 Å². The predicted molar refractivity (Wildman–Crippen MR) is 151 cm³/mol. The van der Waals surface area contributed by atoms with E-state index in [0.29, 0.717) is 37.4 Å². The number of carboxylic acids is 1. The summed E-state index contributed by atoms with van der Waals surface area (Å²) in [6, 6.07) is 12.5. The van der Waals surface area contributed by atoms with Crippen molar-refractivity contribution in [3.05, 3.63) is 106 Å². The Balaban J connectivity index is 0.00000104. The highest BCUT2D eigenvalue weighted by Gasteiger charge is 2.26. The van der Waals surface area contributed by atoms with Gasteiger partial charge in [-0.15, -0.1) is 0 Å². The van der Waals surface area contributed by atoms with Crippen molar-refractivity contribution in [2.24, 2.45) is 0 Å². The molecule has 232 valence electrons. The van der Waals surface area contributed by atoms with Crippen LogP contribution in [-0.2, 0) is 22.5 Å². The number of rotatable bonds is 8. The quantitative estimate of drug-likeness (QED) is 0.285. The number of carbonyl (C=O) groups is 2. The Morgan fingerprint density at radius 1 is 0.977 bits per heavy atom. The van der Waals surface area contributed by atoms with Crippen LogP contribution >= 0.6 is 0 Å². The van der Waals surface area contributed by atoms with E-state index < -0.39 is 41.8 Å². The van der Waals surface area contributed by atoms with Crippen LogP contribution < -0.4 is 15.8 Å². The largest absolute Gasteiger partial charge is 0.480 e. The summed E-state index contributed by atoms with van der Waals surface area (Å²) >= 11 is 0. The van der Waals surface area contributed by atoms with Crippen molar-refractivity contribution >= 4 is 28.5 Å². The van der Waals surface area contributed by atoms with Crippen LogP contribution in [0.1, 0.15) is 21.5 Å². The third kappa shape index (κ3) is 8.16. The number of aromatic nitrogens is 2. The fraction of sp³-hybridized carbons (Fsp3) is 0.267. The third-order valence-corrected chi connectivity index (χ3v) is 6.80. The minimum absolute atomic E-state index is 0.141. The van der Waals surface area contributed by atoms with Crippen LogP contribution in [-0.4, -0.2) is 65.6 Å². The molecule has 1 atom stereocenters. The predicted octanol–water partition coefficient (Wildman–Crippen LogP) is 4.16. The third-order valence-electron chi connectivity index (χ3n) is 6.80. The molecule has 3 heterocycles. The Morgan fingerprint density at radius 2 is 1.64 bits per heavy atom. The van der Waals surface area contributed by atoms with E-state index in [0.717, 1.165) is 23.1 Å². The molecule has 1 unspecified atom stereocenters. The van der Waals surface area contributed by atoms with Crippen LogP contribution in [0.2, 0.25) is 0 Å². The second-order valence-electron chi connectivity index (χ2n) is 9.71.